The SMILES string of the molecule is CC1CCC(C(=O)N(c2cc(C3=CCC(NC(=O)c4ccoc4)C=C3)sc2C(=O)O)C(C)C)CC1. The molecule has 1 fully saturated rings. The predicted molar refractivity (Wildman–Crippen MR) is 137 cm³/mol. The van der Waals surface area contributed by atoms with Crippen LogP contribution in [0.3, 0.4) is 0 Å². The summed E-state index contributed by atoms with van der Waals surface area (Å²) in [4.78, 5) is 40.6. The van der Waals surface area contributed by atoms with Gasteiger partial charge < -0.3 is 19.7 Å². The lowest BCUT2D eigenvalue weighted by Crippen LogP contribution is -2.42. The van der Waals surface area contributed by atoms with Crippen LogP contribution < -0.4 is 10.2 Å². The van der Waals surface area contributed by atoms with Gasteiger partial charge in [-0.3, -0.25) is 9.59 Å². The lowest BCUT2D eigenvalue weighted by molar-refractivity contribution is -0.123. The van der Waals surface area contributed by atoms with Gasteiger partial charge in [0.2, 0.25) is 5.91 Å². The van der Waals surface area contributed by atoms with Crippen LogP contribution in [0.1, 0.15) is 77.8 Å². The van der Waals surface area contributed by atoms with E-state index in [1.165, 1.54) is 23.9 Å². The Morgan fingerprint density at radius 2 is 1.94 bits per heavy atom. The summed E-state index contributed by atoms with van der Waals surface area (Å²) in [6, 6.07) is 3.13. The van der Waals surface area contributed by atoms with Gasteiger partial charge in [0.1, 0.15) is 11.1 Å². The van der Waals surface area contributed by atoms with Gasteiger partial charge in [0.15, 0.2) is 0 Å². The molecule has 2 heterocycles. The molecule has 4 rings (SSSR count). The number of rotatable bonds is 7. The van der Waals surface area contributed by atoms with E-state index in [2.05, 4.69) is 12.2 Å². The number of carboxylic acids is 1. The molecular formula is C27H32N2O5S. The molecule has 1 saturated carbocycles. The molecule has 0 bridgehead atoms. The van der Waals surface area contributed by atoms with E-state index in [-0.39, 0.29) is 34.7 Å². The maximum absolute atomic E-state index is 13.5. The van der Waals surface area contributed by atoms with E-state index in [9.17, 15) is 19.5 Å². The quantitative estimate of drug-likeness (QED) is 0.508. The summed E-state index contributed by atoms with van der Waals surface area (Å²) in [5.41, 5.74) is 1.83. The molecule has 7 nitrogen and oxygen atoms in total. The summed E-state index contributed by atoms with van der Waals surface area (Å²) >= 11 is 1.18. The molecule has 0 spiro atoms. The zero-order chi connectivity index (χ0) is 25.1. The Kier molecular flexibility index (Phi) is 7.60. The van der Waals surface area contributed by atoms with Gasteiger partial charge in [0.25, 0.3) is 5.91 Å². The molecule has 2 aliphatic rings. The summed E-state index contributed by atoms with van der Waals surface area (Å²) in [7, 11) is 0. The summed E-state index contributed by atoms with van der Waals surface area (Å²) in [5, 5.41) is 12.9. The monoisotopic (exact) mass is 496 g/mol. The van der Waals surface area contributed by atoms with Gasteiger partial charge in [-0.05, 0) is 69.6 Å². The average Bonchev–Trinajstić information content (AvgIpc) is 3.51. The number of nitrogens with one attached hydrogen (secondary N) is 1. The van der Waals surface area contributed by atoms with Crippen molar-refractivity contribution in [3.63, 3.8) is 0 Å². The number of amides is 2. The summed E-state index contributed by atoms with van der Waals surface area (Å²) in [6.45, 7) is 6.08. The third kappa shape index (κ3) is 5.59. The molecule has 0 aromatic carbocycles. The Labute approximate surface area is 209 Å². The van der Waals surface area contributed by atoms with E-state index in [0.717, 1.165) is 36.1 Å². The number of allylic oxidation sites excluding steroid dienone is 2. The second-order valence-electron chi connectivity index (χ2n) is 9.74. The molecule has 8 heteroatoms. The zero-order valence-electron chi connectivity index (χ0n) is 20.3. The first-order valence-corrected chi connectivity index (χ1v) is 13.0. The highest BCUT2D eigenvalue weighted by molar-refractivity contribution is 7.15. The highest BCUT2D eigenvalue weighted by Crippen LogP contribution is 2.39. The van der Waals surface area contributed by atoms with E-state index in [4.69, 9.17) is 4.42 Å². The fourth-order valence-corrected chi connectivity index (χ4v) is 5.78. The van der Waals surface area contributed by atoms with Crippen LogP contribution in [-0.2, 0) is 4.79 Å². The molecule has 2 aliphatic carbocycles. The van der Waals surface area contributed by atoms with Crippen molar-refractivity contribution in [3.05, 3.63) is 58.2 Å². The molecule has 1 unspecified atom stereocenters. The number of carbonyl (C=O) groups excluding carboxylic acids is 2. The maximum Gasteiger partial charge on any atom is 0.348 e. The third-order valence-corrected chi connectivity index (χ3v) is 7.93. The van der Waals surface area contributed by atoms with Crippen molar-refractivity contribution in [3.8, 4) is 0 Å². The van der Waals surface area contributed by atoms with Crippen LogP contribution in [0.5, 0.6) is 0 Å². The number of thiophene rings is 1. The van der Waals surface area contributed by atoms with Crippen molar-refractivity contribution in [1.82, 2.24) is 5.32 Å². The first-order chi connectivity index (χ1) is 16.7. The average molecular weight is 497 g/mol. The van der Waals surface area contributed by atoms with Gasteiger partial charge in [0.05, 0.1) is 23.6 Å². The fourth-order valence-electron chi connectivity index (χ4n) is 4.77. The zero-order valence-corrected chi connectivity index (χ0v) is 21.1. The Morgan fingerprint density at radius 3 is 2.51 bits per heavy atom. The smallest absolute Gasteiger partial charge is 0.348 e. The van der Waals surface area contributed by atoms with Crippen molar-refractivity contribution in [2.24, 2.45) is 11.8 Å². The lowest BCUT2D eigenvalue weighted by Gasteiger charge is -2.33. The molecular weight excluding hydrogens is 464 g/mol. The second-order valence-corrected chi connectivity index (χ2v) is 10.8. The molecule has 0 saturated heterocycles. The largest absolute Gasteiger partial charge is 0.477 e. The molecule has 186 valence electrons. The Bertz CT molecular complexity index is 1140. The van der Waals surface area contributed by atoms with Crippen molar-refractivity contribution in [2.75, 3.05) is 4.90 Å². The molecule has 0 aliphatic heterocycles. The van der Waals surface area contributed by atoms with Crippen molar-refractivity contribution in [1.29, 1.82) is 0 Å². The van der Waals surface area contributed by atoms with Gasteiger partial charge in [-0.15, -0.1) is 11.3 Å². The van der Waals surface area contributed by atoms with Crippen LogP contribution in [0.2, 0.25) is 0 Å². The molecule has 1 atom stereocenters. The highest BCUT2D eigenvalue weighted by Gasteiger charge is 2.33. The molecule has 2 aromatic heterocycles. The maximum atomic E-state index is 13.5. The topological polar surface area (TPSA) is 99.9 Å². The molecule has 35 heavy (non-hydrogen) atoms. The minimum Gasteiger partial charge on any atom is -0.477 e. The van der Waals surface area contributed by atoms with Crippen molar-refractivity contribution >= 4 is 40.4 Å². The Hall–Kier alpha value is -3.13. The van der Waals surface area contributed by atoms with Crippen LogP contribution in [0.25, 0.3) is 5.57 Å². The molecule has 2 amide bonds. The Balaban J connectivity index is 1.53. The number of carbonyl (C=O) groups is 3. The second kappa shape index (κ2) is 10.6. The van der Waals surface area contributed by atoms with Gasteiger partial charge in [-0.1, -0.05) is 25.2 Å². The molecule has 0 radical (unpaired) electrons. The number of hydrogen-bond acceptors (Lipinski definition) is 5. The number of carboxylic acid groups (broad SMARTS) is 1. The molecule has 2 aromatic rings. The van der Waals surface area contributed by atoms with Crippen molar-refractivity contribution in [2.45, 2.75) is 65.0 Å². The van der Waals surface area contributed by atoms with Gasteiger partial charge >= 0.3 is 5.97 Å². The van der Waals surface area contributed by atoms with E-state index in [0.29, 0.717) is 23.6 Å². The number of anilines is 1. The number of nitrogens with zero attached hydrogens (tertiary/aromatic N) is 1. The van der Waals surface area contributed by atoms with Gasteiger partial charge in [-0.25, -0.2) is 4.79 Å². The van der Waals surface area contributed by atoms with E-state index < -0.39 is 5.97 Å². The minimum atomic E-state index is -1.03. The minimum absolute atomic E-state index is 0.0222. The third-order valence-electron chi connectivity index (χ3n) is 6.77. The van der Waals surface area contributed by atoms with E-state index >= 15 is 0 Å². The standard InChI is InChI=1S/C27H32N2O5S/c1-16(2)29(26(31)19-6-4-17(3)5-7-19)22-14-23(35-24(22)27(32)33)18-8-10-21(11-9-18)28-25(30)20-12-13-34-15-20/h8-10,12-17,19,21H,4-7,11H2,1-3H3,(H,28,30)(H,32,33). The number of hydrogen-bond donors (Lipinski definition) is 2. The summed E-state index contributed by atoms with van der Waals surface area (Å²) in [6.07, 6.45) is 13.0. The van der Waals surface area contributed by atoms with Crippen molar-refractivity contribution < 1.29 is 23.9 Å². The number of aromatic carboxylic acids is 1. The first kappa shape index (κ1) is 25.0. The van der Waals surface area contributed by atoms with E-state index in [1.54, 1.807) is 11.0 Å². The van der Waals surface area contributed by atoms with Gasteiger partial charge in [-0.2, -0.15) is 0 Å². The van der Waals surface area contributed by atoms with Crippen LogP contribution in [0, 0.1) is 11.8 Å². The van der Waals surface area contributed by atoms with Crippen LogP contribution in [0.15, 0.2) is 47.3 Å². The summed E-state index contributed by atoms with van der Waals surface area (Å²) in [5.74, 6) is -0.647. The van der Waals surface area contributed by atoms with Crippen LogP contribution in [-0.4, -0.2) is 35.0 Å². The fraction of sp³-hybridized carbons (Fsp3) is 0.444. The Morgan fingerprint density at radius 1 is 1.20 bits per heavy atom. The normalized spacial score (nSPS) is 22.1. The van der Waals surface area contributed by atoms with Crippen LogP contribution >= 0.6 is 11.3 Å². The van der Waals surface area contributed by atoms with Crippen LogP contribution in [0.4, 0.5) is 5.69 Å². The number of furan rings is 1. The van der Waals surface area contributed by atoms with E-state index in [1.807, 2.05) is 38.1 Å². The lowest BCUT2D eigenvalue weighted by atomic mass is 9.82. The summed E-state index contributed by atoms with van der Waals surface area (Å²) < 4.78 is 4.96. The highest BCUT2D eigenvalue weighted by atomic mass is 32.1. The first-order valence-electron chi connectivity index (χ1n) is 12.2. The molecule has 2 N–H and O–H groups in total. The predicted octanol–water partition coefficient (Wildman–Crippen LogP) is 5.75. The van der Waals surface area contributed by atoms with Gasteiger partial charge in [0, 0.05) is 16.8 Å².